The third kappa shape index (κ3) is 13.5. The number of primary sulfonamides is 1. The van der Waals surface area contributed by atoms with Crippen molar-refractivity contribution in [1.29, 1.82) is 0 Å². The van der Waals surface area contributed by atoms with Crippen LogP contribution in [-0.2, 0) is 19.6 Å². The number of carbonyl (C=O) groups is 2. The minimum Gasteiger partial charge on any atom is -0.382 e. The quantitative estimate of drug-likeness (QED) is 0.306. The highest BCUT2D eigenvalue weighted by Gasteiger charge is 2.09. The fraction of sp³-hybridized carbons (Fsp3) is 0.417. The van der Waals surface area contributed by atoms with Crippen LogP contribution in [0.4, 0.5) is 21.9 Å². The van der Waals surface area contributed by atoms with Crippen LogP contribution >= 0.6 is 0 Å². The van der Waals surface area contributed by atoms with Gasteiger partial charge in [0.25, 0.3) is 0 Å². The van der Waals surface area contributed by atoms with E-state index in [1.165, 1.54) is 24.3 Å². The topological polar surface area (TPSA) is 166 Å². The van der Waals surface area contributed by atoms with Gasteiger partial charge in [-0.3, -0.25) is 4.79 Å². The highest BCUT2D eigenvalue weighted by atomic mass is 32.2. The molecule has 0 aromatic heterocycles. The van der Waals surface area contributed by atoms with Crippen molar-refractivity contribution in [2.45, 2.75) is 57.4 Å². The van der Waals surface area contributed by atoms with Crippen LogP contribution in [0.2, 0.25) is 0 Å². The summed E-state index contributed by atoms with van der Waals surface area (Å²) in [6.07, 6.45) is 2.10. The molecule has 0 radical (unpaired) electrons. The predicted octanol–water partition coefficient (Wildman–Crippen LogP) is 3.87. The summed E-state index contributed by atoms with van der Waals surface area (Å²) >= 11 is 0. The smallest absolute Gasteiger partial charge is 0.323 e. The molecule has 3 amide bonds. The first-order chi connectivity index (χ1) is 16.3. The molecule has 0 spiro atoms. The van der Waals surface area contributed by atoms with Crippen LogP contribution in [0.3, 0.4) is 0 Å². The fourth-order valence-electron chi connectivity index (χ4n) is 2.63. The van der Waals surface area contributed by atoms with Crippen LogP contribution in [0, 0.1) is 0 Å². The van der Waals surface area contributed by atoms with E-state index in [0.717, 1.165) is 26.1 Å². The molecule has 35 heavy (non-hydrogen) atoms. The molecule has 0 saturated carbocycles. The van der Waals surface area contributed by atoms with Gasteiger partial charge in [0.05, 0.1) is 4.90 Å². The number of benzene rings is 2. The highest BCUT2D eigenvalue weighted by Crippen LogP contribution is 2.17. The molecule has 2 rings (SSSR count). The maximum absolute atomic E-state index is 12.0. The Morgan fingerprint density at radius 2 is 1.51 bits per heavy atom. The van der Waals surface area contributed by atoms with Gasteiger partial charge in [0.15, 0.2) is 0 Å². The number of hydrogen-bond donors (Lipinski definition) is 5. The lowest BCUT2D eigenvalue weighted by molar-refractivity contribution is -0.116. The lowest BCUT2D eigenvalue weighted by Crippen LogP contribution is -2.33. The Hall–Kier alpha value is -2.99. The van der Waals surface area contributed by atoms with Gasteiger partial charge in [-0.15, -0.1) is 0 Å². The Morgan fingerprint density at radius 3 is 2.03 bits per heavy atom. The summed E-state index contributed by atoms with van der Waals surface area (Å²) in [5, 5.41) is 13.0. The van der Waals surface area contributed by atoms with Crippen molar-refractivity contribution >= 4 is 39.0 Å². The maximum Gasteiger partial charge on any atom is 0.323 e. The molecule has 11 heteroatoms. The Kier molecular flexibility index (Phi) is 12.4. The van der Waals surface area contributed by atoms with Gasteiger partial charge in [-0.25, -0.2) is 18.4 Å². The third-order valence-electron chi connectivity index (χ3n) is 4.42. The van der Waals surface area contributed by atoms with Crippen LogP contribution in [0.25, 0.3) is 0 Å². The van der Waals surface area contributed by atoms with Gasteiger partial charge in [-0.2, -0.15) is 0 Å². The second-order valence-corrected chi connectivity index (χ2v) is 10.0. The number of urea groups is 1. The molecule has 0 aliphatic rings. The third-order valence-corrected chi connectivity index (χ3v) is 5.35. The SMILES string of the molecule is CCCC(=O)Nc1cccc(NC(=O)Nc2ccc(S(N)(=O)=O)cc2)c1.CCOCCC(C)(C)N. The van der Waals surface area contributed by atoms with E-state index in [1.807, 2.05) is 27.7 Å². The van der Waals surface area contributed by atoms with Crippen LogP contribution in [0.1, 0.15) is 47.0 Å². The monoisotopic (exact) mass is 507 g/mol. The Balaban J connectivity index is 0.000000579. The number of nitrogens with one attached hydrogen (secondary N) is 3. The molecule has 0 atom stereocenters. The molecule has 0 aliphatic carbocycles. The summed E-state index contributed by atoms with van der Waals surface area (Å²) < 4.78 is 27.5. The molecule has 7 N–H and O–H groups in total. The maximum atomic E-state index is 12.0. The zero-order valence-electron chi connectivity index (χ0n) is 20.8. The van der Waals surface area contributed by atoms with Crippen LogP contribution in [0.15, 0.2) is 53.4 Å². The second kappa shape index (κ2) is 14.4. The molecule has 0 bridgehead atoms. The molecule has 0 unspecified atom stereocenters. The van der Waals surface area contributed by atoms with Crippen molar-refractivity contribution < 1.29 is 22.7 Å². The van der Waals surface area contributed by atoms with Crippen molar-refractivity contribution in [3.8, 4) is 0 Å². The Labute approximate surface area is 207 Å². The molecule has 0 saturated heterocycles. The molecule has 0 aliphatic heterocycles. The largest absolute Gasteiger partial charge is 0.382 e. The minimum atomic E-state index is -3.78. The van der Waals surface area contributed by atoms with Gasteiger partial charge in [0.2, 0.25) is 15.9 Å². The summed E-state index contributed by atoms with van der Waals surface area (Å²) in [5.41, 5.74) is 7.11. The normalized spacial score (nSPS) is 11.1. The number of carbonyl (C=O) groups excluding carboxylic acids is 2. The molecule has 0 heterocycles. The molecule has 2 aromatic rings. The minimum absolute atomic E-state index is 0.0426. The van der Waals surface area contributed by atoms with Gasteiger partial charge < -0.3 is 26.4 Å². The number of rotatable bonds is 10. The molecule has 10 nitrogen and oxygen atoms in total. The standard InChI is InChI=1S/C17H20N4O4S.C7H17NO/c1-2-4-16(22)19-13-5-3-6-14(11-13)21-17(23)20-12-7-9-15(10-8-12)26(18,24)25;1-4-9-6-5-7(2,3)8/h3,5-11H,2,4H2,1H3,(H,19,22)(H2,18,24,25)(H2,20,21,23);4-6,8H2,1-3H3. The lowest BCUT2D eigenvalue weighted by atomic mass is 10.0. The second-order valence-electron chi connectivity index (χ2n) is 8.46. The summed E-state index contributed by atoms with van der Waals surface area (Å²) in [5.74, 6) is -0.0935. The molecular formula is C24H37N5O5S. The molecular weight excluding hydrogens is 470 g/mol. The predicted molar refractivity (Wildman–Crippen MR) is 140 cm³/mol. The summed E-state index contributed by atoms with van der Waals surface area (Å²) in [7, 11) is -3.78. The first kappa shape index (κ1) is 30.0. The number of amides is 3. The summed E-state index contributed by atoms with van der Waals surface area (Å²) in [6, 6.07) is 11.7. The number of nitrogens with two attached hydrogens (primary N) is 2. The average Bonchev–Trinajstić information content (AvgIpc) is 2.73. The van der Waals surface area contributed by atoms with E-state index < -0.39 is 16.1 Å². The summed E-state index contributed by atoms with van der Waals surface area (Å²) in [6.45, 7) is 9.48. The van der Waals surface area contributed by atoms with E-state index in [2.05, 4.69) is 16.0 Å². The van der Waals surface area contributed by atoms with E-state index in [1.54, 1.807) is 24.3 Å². The Bertz CT molecular complexity index is 1050. The van der Waals surface area contributed by atoms with Gasteiger partial charge in [-0.1, -0.05) is 13.0 Å². The highest BCUT2D eigenvalue weighted by molar-refractivity contribution is 7.89. The van der Waals surface area contributed by atoms with Crippen LogP contribution in [-0.4, -0.2) is 39.1 Å². The van der Waals surface area contributed by atoms with E-state index >= 15 is 0 Å². The summed E-state index contributed by atoms with van der Waals surface area (Å²) in [4.78, 5) is 23.6. The first-order valence-electron chi connectivity index (χ1n) is 11.3. The van der Waals surface area contributed by atoms with E-state index in [0.29, 0.717) is 23.5 Å². The molecule has 194 valence electrons. The van der Waals surface area contributed by atoms with Gasteiger partial charge >= 0.3 is 6.03 Å². The Morgan fingerprint density at radius 1 is 0.943 bits per heavy atom. The van der Waals surface area contributed by atoms with Crippen molar-refractivity contribution in [2.75, 3.05) is 29.2 Å². The zero-order chi connectivity index (χ0) is 26.5. The average molecular weight is 508 g/mol. The van der Waals surface area contributed by atoms with Crippen LogP contribution < -0.4 is 26.8 Å². The van der Waals surface area contributed by atoms with E-state index in [9.17, 15) is 18.0 Å². The van der Waals surface area contributed by atoms with Gasteiger partial charge in [0, 0.05) is 42.2 Å². The fourth-order valence-corrected chi connectivity index (χ4v) is 3.14. The number of sulfonamides is 1. The van der Waals surface area contributed by atoms with Crippen molar-refractivity contribution in [1.82, 2.24) is 0 Å². The van der Waals surface area contributed by atoms with E-state index in [4.69, 9.17) is 15.6 Å². The van der Waals surface area contributed by atoms with Crippen molar-refractivity contribution in [3.63, 3.8) is 0 Å². The van der Waals surface area contributed by atoms with Gasteiger partial charge in [0.1, 0.15) is 0 Å². The number of ether oxygens (including phenoxy) is 1. The van der Waals surface area contributed by atoms with Crippen molar-refractivity contribution in [3.05, 3.63) is 48.5 Å². The van der Waals surface area contributed by atoms with Gasteiger partial charge in [-0.05, 0) is 76.1 Å². The lowest BCUT2D eigenvalue weighted by Gasteiger charge is -2.17. The first-order valence-corrected chi connectivity index (χ1v) is 12.9. The van der Waals surface area contributed by atoms with Crippen molar-refractivity contribution in [2.24, 2.45) is 10.9 Å². The van der Waals surface area contributed by atoms with E-state index in [-0.39, 0.29) is 16.3 Å². The van der Waals surface area contributed by atoms with Crippen LogP contribution in [0.5, 0.6) is 0 Å². The number of hydrogen-bond acceptors (Lipinski definition) is 6. The molecule has 2 aromatic carbocycles. The number of anilines is 3. The molecule has 0 fully saturated rings. The zero-order valence-corrected chi connectivity index (χ0v) is 21.6.